The van der Waals surface area contributed by atoms with Crippen LogP contribution in [-0.4, -0.2) is 52.2 Å². The Morgan fingerprint density at radius 2 is 1.88 bits per heavy atom. The minimum atomic E-state index is -0.279. The minimum absolute atomic E-state index is 0.109. The molecule has 0 aromatic carbocycles. The average molecular weight is 234 g/mol. The molecular weight excluding hydrogens is 212 g/mol. The molecule has 0 spiro atoms. The van der Waals surface area contributed by atoms with Gasteiger partial charge in [0.05, 0.1) is 25.9 Å². The number of ether oxygens (including phenoxy) is 4. The van der Waals surface area contributed by atoms with Gasteiger partial charge in [0.2, 0.25) is 0 Å². The number of hydrogen-bond donors (Lipinski definition) is 0. The fourth-order valence-corrected chi connectivity index (χ4v) is 1.01. The molecule has 1 unspecified atom stereocenters. The lowest BCUT2D eigenvalue weighted by molar-refractivity contribution is -0.143. The van der Waals surface area contributed by atoms with Crippen LogP contribution in [-0.2, 0) is 23.7 Å². The molecule has 0 rings (SSSR count). The Labute approximate surface area is 97.0 Å². The highest BCUT2D eigenvalue weighted by atomic mass is 16.6. The van der Waals surface area contributed by atoms with Crippen LogP contribution in [0.1, 0.15) is 20.3 Å². The van der Waals surface area contributed by atoms with Crippen molar-refractivity contribution in [1.82, 2.24) is 0 Å². The second-order valence-corrected chi connectivity index (χ2v) is 3.42. The maximum atomic E-state index is 10.5. The van der Waals surface area contributed by atoms with Gasteiger partial charge >= 0.3 is 5.97 Å². The van der Waals surface area contributed by atoms with Gasteiger partial charge in [-0.15, -0.1) is 0 Å². The third-order valence-corrected chi connectivity index (χ3v) is 1.89. The Morgan fingerprint density at radius 1 is 1.12 bits per heavy atom. The topological polar surface area (TPSA) is 54.0 Å². The molecule has 0 aliphatic rings. The molecule has 0 N–H and O–H groups in total. The predicted molar refractivity (Wildman–Crippen MR) is 59.4 cm³/mol. The highest BCUT2D eigenvalue weighted by molar-refractivity contribution is 5.65. The van der Waals surface area contributed by atoms with E-state index in [1.54, 1.807) is 7.11 Å². The zero-order valence-electron chi connectivity index (χ0n) is 10.4. The van der Waals surface area contributed by atoms with Gasteiger partial charge in [0, 0.05) is 20.6 Å². The SMILES string of the molecule is COCCOCCC(C)OCCOC(C)=O. The number of rotatable bonds is 10. The zero-order chi connectivity index (χ0) is 12.2. The van der Waals surface area contributed by atoms with Crippen LogP contribution in [0.3, 0.4) is 0 Å². The van der Waals surface area contributed by atoms with Gasteiger partial charge in [0.25, 0.3) is 0 Å². The molecule has 0 amide bonds. The van der Waals surface area contributed by atoms with E-state index >= 15 is 0 Å². The molecule has 0 aromatic rings. The molecule has 0 bridgehead atoms. The van der Waals surface area contributed by atoms with E-state index in [1.165, 1.54) is 6.92 Å². The lowest BCUT2D eigenvalue weighted by atomic mass is 10.3. The normalized spacial score (nSPS) is 12.4. The lowest BCUT2D eigenvalue weighted by Crippen LogP contribution is -2.16. The van der Waals surface area contributed by atoms with E-state index in [-0.39, 0.29) is 12.1 Å². The van der Waals surface area contributed by atoms with Gasteiger partial charge in [0.15, 0.2) is 0 Å². The molecule has 0 radical (unpaired) electrons. The van der Waals surface area contributed by atoms with Gasteiger partial charge in [0.1, 0.15) is 6.61 Å². The first-order valence-electron chi connectivity index (χ1n) is 5.48. The second-order valence-electron chi connectivity index (χ2n) is 3.42. The van der Waals surface area contributed by atoms with Crippen molar-refractivity contribution in [2.45, 2.75) is 26.4 Å². The van der Waals surface area contributed by atoms with Gasteiger partial charge in [-0.25, -0.2) is 0 Å². The van der Waals surface area contributed by atoms with Crippen molar-refractivity contribution in [2.75, 3.05) is 40.1 Å². The number of esters is 1. The Bertz CT molecular complexity index is 172. The van der Waals surface area contributed by atoms with Crippen molar-refractivity contribution in [3.63, 3.8) is 0 Å². The molecule has 0 saturated carbocycles. The number of hydrogen-bond acceptors (Lipinski definition) is 5. The summed E-state index contributed by atoms with van der Waals surface area (Å²) in [7, 11) is 1.64. The van der Waals surface area contributed by atoms with Crippen LogP contribution in [0.4, 0.5) is 0 Å². The van der Waals surface area contributed by atoms with Crippen molar-refractivity contribution in [1.29, 1.82) is 0 Å². The Morgan fingerprint density at radius 3 is 2.50 bits per heavy atom. The monoisotopic (exact) mass is 234 g/mol. The number of carbonyl (C=O) groups excluding carboxylic acids is 1. The van der Waals surface area contributed by atoms with E-state index in [4.69, 9.17) is 18.9 Å². The smallest absolute Gasteiger partial charge is 0.302 e. The molecule has 5 heteroatoms. The van der Waals surface area contributed by atoms with E-state index in [9.17, 15) is 4.79 Å². The third-order valence-electron chi connectivity index (χ3n) is 1.89. The van der Waals surface area contributed by atoms with Gasteiger partial charge in [-0.05, 0) is 13.3 Å². The van der Waals surface area contributed by atoms with Crippen LogP contribution < -0.4 is 0 Å². The molecular formula is C11H22O5. The van der Waals surface area contributed by atoms with Crippen molar-refractivity contribution < 1.29 is 23.7 Å². The van der Waals surface area contributed by atoms with Crippen LogP contribution in [0, 0.1) is 0 Å². The predicted octanol–water partition coefficient (Wildman–Crippen LogP) is 1.01. The third kappa shape index (κ3) is 11.4. The Balaban J connectivity index is 3.18. The highest BCUT2D eigenvalue weighted by Crippen LogP contribution is 1.97. The van der Waals surface area contributed by atoms with Gasteiger partial charge in [-0.1, -0.05) is 0 Å². The van der Waals surface area contributed by atoms with Crippen LogP contribution in [0.5, 0.6) is 0 Å². The average Bonchev–Trinajstić information content (AvgIpc) is 2.24. The van der Waals surface area contributed by atoms with Crippen LogP contribution in [0.25, 0.3) is 0 Å². The van der Waals surface area contributed by atoms with Gasteiger partial charge < -0.3 is 18.9 Å². The molecule has 1 atom stereocenters. The fraction of sp³-hybridized carbons (Fsp3) is 0.909. The maximum absolute atomic E-state index is 10.5. The summed E-state index contributed by atoms with van der Waals surface area (Å²) in [5.74, 6) is -0.279. The van der Waals surface area contributed by atoms with E-state index in [2.05, 4.69) is 0 Å². The summed E-state index contributed by atoms with van der Waals surface area (Å²) < 4.78 is 20.3. The summed E-state index contributed by atoms with van der Waals surface area (Å²) in [5, 5.41) is 0. The molecule has 0 saturated heterocycles. The van der Waals surface area contributed by atoms with E-state index in [0.717, 1.165) is 6.42 Å². The second kappa shape index (κ2) is 10.9. The molecule has 0 fully saturated rings. The Kier molecular flexibility index (Phi) is 10.4. The minimum Gasteiger partial charge on any atom is -0.463 e. The van der Waals surface area contributed by atoms with Gasteiger partial charge in [-0.3, -0.25) is 4.79 Å². The molecule has 16 heavy (non-hydrogen) atoms. The molecule has 0 heterocycles. The first kappa shape index (κ1) is 15.3. The first-order valence-corrected chi connectivity index (χ1v) is 5.48. The largest absolute Gasteiger partial charge is 0.463 e. The van der Waals surface area contributed by atoms with E-state index < -0.39 is 0 Å². The first-order chi connectivity index (χ1) is 7.66. The Hall–Kier alpha value is -0.650. The molecule has 0 aliphatic heterocycles. The summed E-state index contributed by atoms with van der Waals surface area (Å²) in [6.07, 6.45) is 0.933. The number of carbonyl (C=O) groups is 1. The quantitative estimate of drug-likeness (QED) is 0.417. The van der Waals surface area contributed by atoms with E-state index in [0.29, 0.717) is 33.0 Å². The van der Waals surface area contributed by atoms with Crippen molar-refractivity contribution in [3.05, 3.63) is 0 Å². The van der Waals surface area contributed by atoms with Gasteiger partial charge in [-0.2, -0.15) is 0 Å². The summed E-state index contributed by atoms with van der Waals surface area (Å²) in [6.45, 7) is 5.96. The van der Waals surface area contributed by atoms with Crippen LogP contribution in [0.15, 0.2) is 0 Å². The standard InChI is InChI=1S/C11H22O5/c1-10(4-5-14-7-6-13-3)15-8-9-16-11(2)12/h10H,4-9H2,1-3H3. The molecule has 5 nitrogen and oxygen atoms in total. The summed E-state index contributed by atoms with van der Waals surface area (Å²) in [6, 6.07) is 0. The summed E-state index contributed by atoms with van der Waals surface area (Å²) in [5.41, 5.74) is 0. The zero-order valence-corrected chi connectivity index (χ0v) is 10.4. The molecule has 0 aliphatic carbocycles. The summed E-state index contributed by atoms with van der Waals surface area (Å²) >= 11 is 0. The van der Waals surface area contributed by atoms with E-state index in [1.807, 2.05) is 6.92 Å². The maximum Gasteiger partial charge on any atom is 0.302 e. The highest BCUT2D eigenvalue weighted by Gasteiger charge is 2.02. The molecule has 0 aromatic heterocycles. The molecule has 96 valence electrons. The van der Waals surface area contributed by atoms with Crippen molar-refractivity contribution in [2.24, 2.45) is 0 Å². The summed E-state index contributed by atoms with van der Waals surface area (Å²) in [4.78, 5) is 10.5. The fourth-order valence-electron chi connectivity index (χ4n) is 1.01. The number of methoxy groups -OCH3 is 1. The van der Waals surface area contributed by atoms with Crippen molar-refractivity contribution >= 4 is 5.97 Å². The lowest BCUT2D eigenvalue weighted by Gasteiger charge is -2.12. The van der Waals surface area contributed by atoms with Crippen LogP contribution in [0.2, 0.25) is 0 Å². The van der Waals surface area contributed by atoms with Crippen molar-refractivity contribution in [3.8, 4) is 0 Å². The van der Waals surface area contributed by atoms with Crippen LogP contribution >= 0.6 is 0 Å².